The van der Waals surface area contributed by atoms with Crippen molar-refractivity contribution in [1.82, 2.24) is 10.1 Å². The second kappa shape index (κ2) is 2.15. The van der Waals surface area contributed by atoms with Gasteiger partial charge in [0.05, 0.1) is 0 Å². The number of hydrogen-bond donors (Lipinski definition) is 1. The van der Waals surface area contributed by atoms with E-state index in [1.54, 1.807) is 0 Å². The van der Waals surface area contributed by atoms with Crippen molar-refractivity contribution >= 4 is 0 Å². The molecule has 1 aliphatic rings. The number of H-pyrrole nitrogens is 1. The largest absolute Gasteiger partial charge is 0.438 e. The van der Waals surface area contributed by atoms with E-state index in [0.717, 1.165) is 0 Å². The molecule has 1 N–H and O–H groups in total. The highest BCUT2D eigenvalue weighted by Crippen LogP contribution is 2.46. The lowest BCUT2D eigenvalue weighted by Gasteiger charge is -2.32. The minimum absolute atomic E-state index is 0.228. The molecule has 1 fully saturated rings. The molecule has 0 saturated heterocycles. The lowest BCUT2D eigenvalue weighted by molar-refractivity contribution is -0.0888. The van der Waals surface area contributed by atoms with Crippen molar-refractivity contribution in [3.63, 3.8) is 0 Å². The highest BCUT2D eigenvalue weighted by Gasteiger charge is 2.47. The highest BCUT2D eigenvalue weighted by molar-refractivity contribution is 5.04. The predicted octanol–water partition coefficient (Wildman–Crippen LogP) is 0.876. The SMILES string of the molecule is O=c1[nH]c(C2CC(F)(F)C2)no1. The Bertz CT molecular complexity index is 335. The molecular weight excluding hydrogens is 170 g/mol. The third kappa shape index (κ3) is 1.13. The van der Waals surface area contributed by atoms with Crippen molar-refractivity contribution in [2.75, 3.05) is 0 Å². The molecule has 1 aromatic heterocycles. The molecule has 0 aliphatic heterocycles. The fourth-order valence-corrected chi connectivity index (χ4v) is 1.27. The second-order valence-electron chi connectivity index (χ2n) is 2.94. The van der Waals surface area contributed by atoms with Crippen LogP contribution in [0, 0.1) is 0 Å². The Kier molecular flexibility index (Phi) is 1.33. The number of aromatic nitrogens is 2. The number of nitrogens with zero attached hydrogens (tertiary/aromatic N) is 1. The van der Waals surface area contributed by atoms with E-state index in [9.17, 15) is 13.6 Å². The number of rotatable bonds is 1. The van der Waals surface area contributed by atoms with Gasteiger partial charge in [0.1, 0.15) is 0 Å². The van der Waals surface area contributed by atoms with E-state index in [1.807, 2.05) is 0 Å². The van der Waals surface area contributed by atoms with Gasteiger partial charge in [-0.3, -0.25) is 9.51 Å². The maximum absolute atomic E-state index is 12.3. The molecule has 4 nitrogen and oxygen atoms in total. The first-order chi connectivity index (χ1) is 5.57. The normalized spacial score (nSPS) is 22.2. The highest BCUT2D eigenvalue weighted by atomic mass is 19.3. The summed E-state index contributed by atoms with van der Waals surface area (Å²) < 4.78 is 28.8. The minimum Gasteiger partial charge on any atom is -0.296 e. The van der Waals surface area contributed by atoms with Gasteiger partial charge in [0.15, 0.2) is 5.82 Å². The zero-order chi connectivity index (χ0) is 8.77. The van der Waals surface area contributed by atoms with Gasteiger partial charge in [-0.2, -0.15) is 0 Å². The van der Waals surface area contributed by atoms with Gasteiger partial charge in [-0.25, -0.2) is 13.6 Å². The van der Waals surface area contributed by atoms with Gasteiger partial charge < -0.3 is 0 Å². The fourth-order valence-electron chi connectivity index (χ4n) is 1.27. The van der Waals surface area contributed by atoms with E-state index in [1.165, 1.54) is 0 Å². The van der Waals surface area contributed by atoms with Gasteiger partial charge in [-0.15, -0.1) is 0 Å². The van der Waals surface area contributed by atoms with Crippen LogP contribution in [0.3, 0.4) is 0 Å². The van der Waals surface area contributed by atoms with Gasteiger partial charge in [0, 0.05) is 18.8 Å². The summed E-state index contributed by atoms with van der Waals surface area (Å²) in [7, 11) is 0. The van der Waals surface area contributed by atoms with E-state index in [-0.39, 0.29) is 24.6 Å². The maximum Gasteiger partial charge on any atom is 0.438 e. The molecule has 1 aromatic rings. The van der Waals surface area contributed by atoms with Crippen LogP contribution < -0.4 is 5.76 Å². The molecule has 0 amide bonds. The average Bonchev–Trinajstić information content (AvgIpc) is 2.30. The van der Waals surface area contributed by atoms with Crippen molar-refractivity contribution in [3.05, 3.63) is 16.4 Å². The average molecular weight is 176 g/mol. The molecular formula is C6H6F2N2O2. The Morgan fingerprint density at radius 1 is 1.58 bits per heavy atom. The van der Waals surface area contributed by atoms with E-state index in [4.69, 9.17) is 0 Å². The van der Waals surface area contributed by atoms with Crippen molar-refractivity contribution in [1.29, 1.82) is 0 Å². The van der Waals surface area contributed by atoms with Crippen LogP contribution in [0.5, 0.6) is 0 Å². The Hall–Kier alpha value is -1.20. The van der Waals surface area contributed by atoms with Crippen LogP contribution in [-0.4, -0.2) is 16.1 Å². The van der Waals surface area contributed by atoms with E-state index >= 15 is 0 Å². The van der Waals surface area contributed by atoms with Gasteiger partial charge in [0.2, 0.25) is 5.92 Å². The summed E-state index contributed by atoms with van der Waals surface area (Å²) in [5, 5.41) is 3.33. The lowest BCUT2D eigenvalue weighted by Crippen LogP contribution is -2.34. The van der Waals surface area contributed by atoms with Crippen LogP contribution in [-0.2, 0) is 0 Å². The second-order valence-corrected chi connectivity index (χ2v) is 2.94. The summed E-state index contributed by atoms with van der Waals surface area (Å²) in [6.45, 7) is 0. The fraction of sp³-hybridized carbons (Fsp3) is 0.667. The molecule has 0 atom stereocenters. The first-order valence-electron chi connectivity index (χ1n) is 3.50. The van der Waals surface area contributed by atoms with Crippen molar-refractivity contribution in [3.8, 4) is 0 Å². The summed E-state index contributed by atoms with van der Waals surface area (Å²) in [5.74, 6) is -3.42. The van der Waals surface area contributed by atoms with Crippen molar-refractivity contribution in [2.45, 2.75) is 24.7 Å². The number of alkyl halides is 2. The quantitative estimate of drug-likeness (QED) is 0.690. The standard InChI is InChI=1S/C6H6F2N2O2/c7-6(8)1-3(2-6)4-9-5(11)12-10-4/h3H,1-2H2,(H,9,10,11). The van der Waals surface area contributed by atoms with Crippen LogP contribution in [0.25, 0.3) is 0 Å². The van der Waals surface area contributed by atoms with Gasteiger partial charge in [-0.05, 0) is 0 Å². The Morgan fingerprint density at radius 2 is 2.25 bits per heavy atom. The molecule has 0 spiro atoms. The summed E-state index contributed by atoms with van der Waals surface area (Å²) in [4.78, 5) is 12.7. The van der Waals surface area contributed by atoms with Crippen molar-refractivity contribution in [2.24, 2.45) is 0 Å². The maximum atomic E-state index is 12.3. The first-order valence-corrected chi connectivity index (χ1v) is 3.50. The zero-order valence-corrected chi connectivity index (χ0v) is 6.01. The van der Waals surface area contributed by atoms with Gasteiger partial charge >= 0.3 is 5.76 Å². The molecule has 66 valence electrons. The molecule has 0 radical (unpaired) electrons. The summed E-state index contributed by atoms with van der Waals surface area (Å²) >= 11 is 0. The zero-order valence-electron chi connectivity index (χ0n) is 6.01. The van der Waals surface area contributed by atoms with E-state index in [0.29, 0.717) is 0 Å². The number of halogens is 2. The first kappa shape index (κ1) is 7.45. The van der Waals surface area contributed by atoms with Crippen LogP contribution in [0.1, 0.15) is 24.6 Å². The number of nitrogens with one attached hydrogen (secondary N) is 1. The molecule has 6 heteroatoms. The van der Waals surface area contributed by atoms with E-state index < -0.39 is 11.7 Å². The third-order valence-electron chi connectivity index (χ3n) is 1.93. The lowest BCUT2D eigenvalue weighted by atomic mass is 9.81. The Labute approximate surface area is 65.6 Å². The molecule has 1 saturated carbocycles. The topological polar surface area (TPSA) is 58.9 Å². The molecule has 1 aliphatic carbocycles. The van der Waals surface area contributed by atoms with Crippen LogP contribution in [0.15, 0.2) is 9.32 Å². The molecule has 1 heterocycles. The third-order valence-corrected chi connectivity index (χ3v) is 1.93. The predicted molar refractivity (Wildman–Crippen MR) is 34.0 cm³/mol. The van der Waals surface area contributed by atoms with Crippen LogP contribution >= 0.6 is 0 Å². The molecule has 12 heavy (non-hydrogen) atoms. The van der Waals surface area contributed by atoms with E-state index in [2.05, 4.69) is 14.7 Å². The molecule has 0 aromatic carbocycles. The summed E-state index contributed by atoms with van der Waals surface area (Å²) in [6, 6.07) is 0. The Morgan fingerprint density at radius 3 is 2.67 bits per heavy atom. The summed E-state index contributed by atoms with van der Waals surface area (Å²) in [5.41, 5.74) is 0. The van der Waals surface area contributed by atoms with Crippen LogP contribution in [0.4, 0.5) is 8.78 Å². The number of hydrogen-bond acceptors (Lipinski definition) is 3. The summed E-state index contributed by atoms with van der Waals surface area (Å²) in [6.07, 6.45) is -0.509. The number of aromatic amines is 1. The van der Waals surface area contributed by atoms with Crippen molar-refractivity contribution < 1.29 is 13.3 Å². The Balaban J connectivity index is 2.10. The monoisotopic (exact) mass is 176 g/mol. The molecule has 2 rings (SSSR count). The molecule has 0 bridgehead atoms. The van der Waals surface area contributed by atoms with Gasteiger partial charge in [-0.1, -0.05) is 5.16 Å². The van der Waals surface area contributed by atoms with Crippen LogP contribution in [0.2, 0.25) is 0 Å². The molecule has 0 unspecified atom stereocenters. The smallest absolute Gasteiger partial charge is 0.296 e. The minimum atomic E-state index is -2.60. The van der Waals surface area contributed by atoms with Gasteiger partial charge in [0.25, 0.3) is 0 Å².